The number of hydrogen-bond acceptors (Lipinski definition) is 3. The summed E-state index contributed by atoms with van der Waals surface area (Å²) < 4.78 is 0. The van der Waals surface area contributed by atoms with E-state index in [0.29, 0.717) is 18.1 Å². The first-order valence-electron chi connectivity index (χ1n) is 5.40. The van der Waals surface area contributed by atoms with Crippen LogP contribution in [0.2, 0.25) is 0 Å². The molecule has 0 spiro atoms. The Bertz CT molecular complexity index is 167. The van der Waals surface area contributed by atoms with E-state index < -0.39 is 0 Å². The van der Waals surface area contributed by atoms with Gasteiger partial charge >= 0.3 is 0 Å². The molecule has 2 aliphatic heterocycles. The van der Waals surface area contributed by atoms with Gasteiger partial charge in [-0.1, -0.05) is 6.92 Å². The zero-order valence-electron chi connectivity index (χ0n) is 8.74. The molecule has 0 radical (unpaired) electrons. The van der Waals surface area contributed by atoms with E-state index >= 15 is 0 Å². The number of fused-ring (bicyclic) bond motifs is 2. The Balaban J connectivity index is 2.04. The van der Waals surface area contributed by atoms with Crippen LogP contribution in [-0.4, -0.2) is 54.6 Å². The third-order valence-electron chi connectivity index (χ3n) is 3.69. The van der Waals surface area contributed by atoms with Gasteiger partial charge in [0.15, 0.2) is 0 Å². The largest absolute Gasteiger partial charge is 0.328 e. The summed E-state index contributed by atoms with van der Waals surface area (Å²) in [6, 6.07) is 1.87. The van der Waals surface area contributed by atoms with E-state index in [1.54, 1.807) is 0 Å². The van der Waals surface area contributed by atoms with Crippen LogP contribution in [-0.2, 0) is 0 Å². The van der Waals surface area contributed by atoms with Gasteiger partial charge in [-0.15, -0.1) is 0 Å². The first-order chi connectivity index (χ1) is 6.20. The van der Waals surface area contributed by atoms with Gasteiger partial charge in [-0.25, -0.2) is 0 Å². The predicted octanol–water partition coefficient (Wildman–Crippen LogP) is 0.112. The lowest BCUT2D eigenvalue weighted by Crippen LogP contribution is -2.62. The standard InChI is InChI=1S/C10H21N3/c1-3-13-6-9-4-8(11)5-10(7-13)12(9)2/h8-10H,3-7,11H2,1-2H3. The number of hydrogen-bond donors (Lipinski definition) is 1. The van der Waals surface area contributed by atoms with Gasteiger partial charge in [0.25, 0.3) is 0 Å². The van der Waals surface area contributed by atoms with Crippen molar-refractivity contribution in [1.82, 2.24) is 9.80 Å². The van der Waals surface area contributed by atoms with E-state index in [1.807, 2.05) is 0 Å². The molecule has 2 saturated heterocycles. The Labute approximate surface area is 80.9 Å². The van der Waals surface area contributed by atoms with Crippen molar-refractivity contribution in [3.63, 3.8) is 0 Å². The molecular formula is C10H21N3. The third kappa shape index (κ3) is 1.73. The van der Waals surface area contributed by atoms with Gasteiger partial charge in [-0.05, 0) is 26.4 Å². The summed E-state index contributed by atoms with van der Waals surface area (Å²) >= 11 is 0. The number of nitrogens with zero attached hydrogens (tertiary/aromatic N) is 2. The number of piperidine rings is 1. The average Bonchev–Trinajstić information content (AvgIpc) is 2.07. The molecule has 2 fully saturated rings. The molecule has 2 aliphatic rings. The van der Waals surface area contributed by atoms with Crippen molar-refractivity contribution >= 4 is 0 Å². The zero-order valence-corrected chi connectivity index (χ0v) is 8.74. The molecule has 2 heterocycles. The van der Waals surface area contributed by atoms with Crippen LogP contribution in [0.4, 0.5) is 0 Å². The fourth-order valence-corrected chi connectivity index (χ4v) is 2.76. The summed E-state index contributed by atoms with van der Waals surface area (Å²) in [5, 5.41) is 0. The fourth-order valence-electron chi connectivity index (χ4n) is 2.76. The Morgan fingerprint density at radius 3 is 2.23 bits per heavy atom. The van der Waals surface area contributed by atoms with Gasteiger partial charge in [0.2, 0.25) is 0 Å². The molecule has 0 aliphatic carbocycles. The van der Waals surface area contributed by atoms with Crippen LogP contribution in [0.1, 0.15) is 19.8 Å². The fraction of sp³-hybridized carbons (Fsp3) is 1.00. The van der Waals surface area contributed by atoms with Crippen LogP contribution < -0.4 is 5.73 Å². The van der Waals surface area contributed by atoms with Crippen molar-refractivity contribution < 1.29 is 0 Å². The summed E-state index contributed by atoms with van der Waals surface area (Å²) in [4.78, 5) is 5.09. The van der Waals surface area contributed by atoms with Crippen LogP contribution in [0.15, 0.2) is 0 Å². The van der Waals surface area contributed by atoms with Crippen molar-refractivity contribution in [3.8, 4) is 0 Å². The highest BCUT2D eigenvalue weighted by molar-refractivity contribution is 4.95. The van der Waals surface area contributed by atoms with E-state index in [9.17, 15) is 0 Å². The normalized spacial score (nSPS) is 42.2. The monoisotopic (exact) mass is 183 g/mol. The zero-order chi connectivity index (χ0) is 9.42. The Hall–Kier alpha value is -0.120. The topological polar surface area (TPSA) is 32.5 Å². The minimum atomic E-state index is 0.449. The lowest BCUT2D eigenvalue weighted by Gasteiger charge is -2.50. The summed E-state index contributed by atoms with van der Waals surface area (Å²) in [6.45, 7) is 5.88. The molecule has 2 bridgehead atoms. The van der Waals surface area contributed by atoms with Gasteiger partial charge in [0, 0.05) is 31.2 Å². The second kappa shape index (κ2) is 3.56. The highest BCUT2D eigenvalue weighted by atomic mass is 15.3. The molecule has 0 amide bonds. The number of likely N-dealkylation sites (tertiary alicyclic amines) is 1. The van der Waals surface area contributed by atoms with Crippen molar-refractivity contribution in [2.24, 2.45) is 5.73 Å². The van der Waals surface area contributed by atoms with Crippen LogP contribution in [0.25, 0.3) is 0 Å². The number of likely N-dealkylation sites (N-methyl/N-ethyl adjacent to an activating group) is 2. The quantitative estimate of drug-likeness (QED) is 0.626. The molecule has 0 aromatic carbocycles. The maximum Gasteiger partial charge on any atom is 0.0238 e. The van der Waals surface area contributed by atoms with Crippen LogP contribution in [0.3, 0.4) is 0 Å². The molecule has 0 saturated carbocycles. The van der Waals surface area contributed by atoms with Crippen LogP contribution in [0, 0.1) is 0 Å². The van der Waals surface area contributed by atoms with E-state index in [4.69, 9.17) is 5.73 Å². The Morgan fingerprint density at radius 2 is 1.77 bits per heavy atom. The van der Waals surface area contributed by atoms with Gasteiger partial charge in [-0.3, -0.25) is 4.90 Å². The van der Waals surface area contributed by atoms with Crippen molar-refractivity contribution in [2.45, 2.75) is 37.9 Å². The van der Waals surface area contributed by atoms with E-state index in [2.05, 4.69) is 23.8 Å². The summed E-state index contributed by atoms with van der Waals surface area (Å²) in [5.41, 5.74) is 6.03. The van der Waals surface area contributed by atoms with Crippen LogP contribution >= 0.6 is 0 Å². The smallest absolute Gasteiger partial charge is 0.0238 e. The van der Waals surface area contributed by atoms with E-state index in [-0.39, 0.29) is 0 Å². The molecule has 2 rings (SSSR count). The number of piperazine rings is 1. The van der Waals surface area contributed by atoms with Crippen LogP contribution in [0.5, 0.6) is 0 Å². The average molecular weight is 183 g/mol. The number of rotatable bonds is 1. The maximum atomic E-state index is 6.03. The van der Waals surface area contributed by atoms with Gasteiger partial charge < -0.3 is 10.6 Å². The molecule has 0 aromatic heterocycles. The second-order valence-corrected chi connectivity index (χ2v) is 4.56. The molecule has 2 unspecified atom stereocenters. The highest BCUT2D eigenvalue weighted by Gasteiger charge is 2.37. The molecule has 3 nitrogen and oxygen atoms in total. The lowest BCUT2D eigenvalue weighted by atomic mass is 9.89. The molecule has 3 heteroatoms. The SMILES string of the molecule is CCN1CC2CC(N)CC(C1)N2C. The highest BCUT2D eigenvalue weighted by Crippen LogP contribution is 2.26. The van der Waals surface area contributed by atoms with Gasteiger partial charge in [0.05, 0.1) is 0 Å². The summed E-state index contributed by atoms with van der Waals surface area (Å²) in [7, 11) is 2.26. The molecule has 2 N–H and O–H groups in total. The van der Waals surface area contributed by atoms with Gasteiger partial charge in [0.1, 0.15) is 0 Å². The third-order valence-corrected chi connectivity index (χ3v) is 3.69. The van der Waals surface area contributed by atoms with Crippen molar-refractivity contribution in [1.29, 1.82) is 0 Å². The molecule has 76 valence electrons. The maximum absolute atomic E-state index is 6.03. The Morgan fingerprint density at radius 1 is 1.23 bits per heavy atom. The van der Waals surface area contributed by atoms with Crippen molar-refractivity contribution in [3.05, 3.63) is 0 Å². The van der Waals surface area contributed by atoms with Crippen molar-refractivity contribution in [2.75, 3.05) is 26.7 Å². The van der Waals surface area contributed by atoms with E-state index in [1.165, 1.54) is 32.5 Å². The molecular weight excluding hydrogens is 162 g/mol. The summed E-state index contributed by atoms with van der Waals surface area (Å²) in [6.07, 6.45) is 2.37. The Kier molecular flexibility index (Phi) is 2.58. The summed E-state index contributed by atoms with van der Waals surface area (Å²) in [5.74, 6) is 0. The minimum Gasteiger partial charge on any atom is -0.328 e. The molecule has 2 atom stereocenters. The second-order valence-electron chi connectivity index (χ2n) is 4.56. The first-order valence-corrected chi connectivity index (χ1v) is 5.40. The first kappa shape index (κ1) is 9.44. The lowest BCUT2D eigenvalue weighted by molar-refractivity contribution is 0.00529. The molecule has 13 heavy (non-hydrogen) atoms. The van der Waals surface area contributed by atoms with E-state index in [0.717, 1.165) is 0 Å². The number of nitrogens with two attached hydrogens (primary N) is 1. The minimum absolute atomic E-state index is 0.449. The predicted molar refractivity (Wildman–Crippen MR) is 54.7 cm³/mol. The molecule has 0 aromatic rings. The van der Waals surface area contributed by atoms with Gasteiger partial charge in [-0.2, -0.15) is 0 Å².